The Kier molecular flexibility index (Phi) is 6.51. The predicted octanol–water partition coefficient (Wildman–Crippen LogP) is 2.85. The average Bonchev–Trinajstić information content (AvgIpc) is 2.06. The van der Waals surface area contributed by atoms with Gasteiger partial charge in [0.2, 0.25) is 0 Å². The zero-order valence-corrected chi connectivity index (χ0v) is 8.28. The summed E-state index contributed by atoms with van der Waals surface area (Å²) in [5.41, 5.74) is 0.448. The van der Waals surface area contributed by atoms with Crippen LogP contribution in [0.15, 0.2) is 33.9 Å². The Hall–Kier alpha value is -0.740. The number of halogens is 1. The zero-order valence-electron chi connectivity index (χ0n) is 6.70. The molecule has 1 aromatic carbocycles. The lowest BCUT2D eigenvalue weighted by atomic mass is 10.3. The van der Waals surface area contributed by atoms with Crippen LogP contribution in [-0.4, -0.2) is 11.7 Å². The summed E-state index contributed by atoms with van der Waals surface area (Å²) in [6.45, 7) is 1.93. The maximum absolute atomic E-state index is 9.89. The molecule has 0 saturated carbocycles. The summed E-state index contributed by atoms with van der Waals surface area (Å²) in [6.07, 6.45) is 0. The third-order valence-electron chi connectivity index (χ3n) is 0.914. The Morgan fingerprint density at radius 2 is 2.17 bits per heavy atom. The fourth-order valence-corrected chi connectivity index (χ4v) is 0.920. The zero-order chi connectivity index (χ0) is 9.40. The van der Waals surface area contributed by atoms with Crippen molar-refractivity contribution in [2.24, 2.45) is 5.18 Å². The van der Waals surface area contributed by atoms with E-state index in [0.29, 0.717) is 5.69 Å². The van der Waals surface area contributed by atoms with Crippen molar-refractivity contribution in [3.63, 3.8) is 0 Å². The standard InChI is InChI=1S/C6H4BrNO.C2H6O/c7-5-2-1-3-6(4-5)8-9;1-2-3/h1-4H;3H,2H2,1H3. The van der Waals surface area contributed by atoms with Gasteiger partial charge in [-0.1, -0.05) is 22.0 Å². The number of rotatable bonds is 1. The van der Waals surface area contributed by atoms with E-state index in [-0.39, 0.29) is 6.61 Å². The lowest BCUT2D eigenvalue weighted by Gasteiger charge is -1.87. The molecule has 0 atom stereocenters. The monoisotopic (exact) mass is 231 g/mol. The van der Waals surface area contributed by atoms with E-state index in [9.17, 15) is 4.91 Å². The van der Waals surface area contributed by atoms with Crippen molar-refractivity contribution in [2.45, 2.75) is 6.92 Å². The van der Waals surface area contributed by atoms with Gasteiger partial charge in [0.1, 0.15) is 5.69 Å². The van der Waals surface area contributed by atoms with Crippen molar-refractivity contribution in [3.05, 3.63) is 33.6 Å². The Balaban J connectivity index is 0.000000354. The Morgan fingerprint density at radius 1 is 1.58 bits per heavy atom. The fraction of sp³-hybridized carbons (Fsp3) is 0.250. The number of benzene rings is 1. The Labute approximate surface area is 79.5 Å². The summed E-state index contributed by atoms with van der Waals surface area (Å²) in [7, 11) is 0. The summed E-state index contributed by atoms with van der Waals surface area (Å²) < 4.78 is 0.875. The molecule has 1 N–H and O–H groups in total. The topological polar surface area (TPSA) is 49.7 Å². The van der Waals surface area contributed by atoms with Crippen LogP contribution >= 0.6 is 15.9 Å². The van der Waals surface area contributed by atoms with Gasteiger partial charge in [-0.3, -0.25) is 0 Å². The molecule has 0 aromatic heterocycles. The number of aliphatic hydroxyl groups excluding tert-OH is 1. The van der Waals surface area contributed by atoms with Crippen LogP contribution in [-0.2, 0) is 0 Å². The van der Waals surface area contributed by atoms with E-state index in [2.05, 4.69) is 21.1 Å². The van der Waals surface area contributed by atoms with Crippen LogP contribution in [0, 0.1) is 4.91 Å². The number of hydrogen-bond donors (Lipinski definition) is 1. The SMILES string of the molecule is CCO.O=Nc1cccc(Br)c1. The highest BCUT2D eigenvalue weighted by Crippen LogP contribution is 2.17. The molecular weight excluding hydrogens is 222 g/mol. The van der Waals surface area contributed by atoms with E-state index >= 15 is 0 Å². The summed E-state index contributed by atoms with van der Waals surface area (Å²) in [5.74, 6) is 0. The van der Waals surface area contributed by atoms with Crippen LogP contribution in [0.5, 0.6) is 0 Å². The highest BCUT2D eigenvalue weighted by atomic mass is 79.9. The van der Waals surface area contributed by atoms with Crippen molar-refractivity contribution in [2.75, 3.05) is 6.61 Å². The molecule has 0 radical (unpaired) electrons. The quantitative estimate of drug-likeness (QED) is 0.756. The first-order valence-corrected chi connectivity index (χ1v) is 4.23. The molecule has 0 heterocycles. The molecule has 0 bridgehead atoms. The number of nitroso groups, excluding NO2 is 1. The molecule has 0 saturated heterocycles. The van der Waals surface area contributed by atoms with E-state index in [1.165, 1.54) is 0 Å². The second kappa shape index (κ2) is 6.94. The minimum Gasteiger partial charge on any atom is -0.397 e. The van der Waals surface area contributed by atoms with E-state index in [0.717, 1.165) is 4.47 Å². The van der Waals surface area contributed by atoms with Crippen molar-refractivity contribution in [1.29, 1.82) is 0 Å². The number of aliphatic hydroxyl groups is 1. The van der Waals surface area contributed by atoms with Crippen molar-refractivity contribution in [3.8, 4) is 0 Å². The maximum atomic E-state index is 9.89. The minimum absolute atomic E-state index is 0.250. The van der Waals surface area contributed by atoms with Gasteiger partial charge >= 0.3 is 0 Å². The third-order valence-corrected chi connectivity index (χ3v) is 1.41. The van der Waals surface area contributed by atoms with Crippen LogP contribution in [0.1, 0.15) is 6.92 Å². The van der Waals surface area contributed by atoms with E-state index in [4.69, 9.17) is 5.11 Å². The van der Waals surface area contributed by atoms with Crippen LogP contribution in [0.2, 0.25) is 0 Å². The first-order valence-electron chi connectivity index (χ1n) is 3.44. The second-order valence-corrected chi connectivity index (χ2v) is 2.80. The van der Waals surface area contributed by atoms with Crippen molar-refractivity contribution < 1.29 is 5.11 Å². The smallest absolute Gasteiger partial charge is 0.109 e. The van der Waals surface area contributed by atoms with Gasteiger partial charge in [0, 0.05) is 11.1 Å². The second-order valence-electron chi connectivity index (χ2n) is 1.89. The number of nitrogens with zero attached hydrogens (tertiary/aromatic N) is 1. The van der Waals surface area contributed by atoms with Crippen LogP contribution in [0.25, 0.3) is 0 Å². The first-order chi connectivity index (χ1) is 5.74. The molecule has 0 spiro atoms. The summed E-state index contributed by atoms with van der Waals surface area (Å²) in [6, 6.07) is 6.92. The van der Waals surface area contributed by atoms with E-state index in [1.807, 2.05) is 6.07 Å². The van der Waals surface area contributed by atoms with Crippen LogP contribution in [0.3, 0.4) is 0 Å². The fourth-order valence-electron chi connectivity index (χ4n) is 0.533. The maximum Gasteiger partial charge on any atom is 0.109 e. The lowest BCUT2D eigenvalue weighted by Crippen LogP contribution is -1.61. The molecule has 0 fully saturated rings. The Morgan fingerprint density at radius 3 is 2.50 bits per heavy atom. The van der Waals surface area contributed by atoms with Gasteiger partial charge in [-0.15, -0.1) is 4.91 Å². The van der Waals surface area contributed by atoms with Crippen molar-refractivity contribution in [1.82, 2.24) is 0 Å². The van der Waals surface area contributed by atoms with Gasteiger partial charge in [-0.2, -0.15) is 0 Å². The highest BCUT2D eigenvalue weighted by molar-refractivity contribution is 9.10. The third kappa shape index (κ3) is 4.98. The highest BCUT2D eigenvalue weighted by Gasteiger charge is 1.88. The van der Waals surface area contributed by atoms with E-state index < -0.39 is 0 Å². The van der Waals surface area contributed by atoms with Gasteiger partial charge in [0.15, 0.2) is 0 Å². The first kappa shape index (κ1) is 11.3. The van der Waals surface area contributed by atoms with Gasteiger partial charge in [-0.25, -0.2) is 0 Å². The van der Waals surface area contributed by atoms with Gasteiger partial charge in [0.05, 0.1) is 0 Å². The van der Waals surface area contributed by atoms with Crippen molar-refractivity contribution >= 4 is 21.6 Å². The summed E-state index contributed by atoms with van der Waals surface area (Å²) in [4.78, 5) is 9.89. The minimum atomic E-state index is 0.250. The molecule has 12 heavy (non-hydrogen) atoms. The average molecular weight is 232 g/mol. The molecule has 4 heteroatoms. The molecule has 0 unspecified atom stereocenters. The molecule has 0 aliphatic rings. The van der Waals surface area contributed by atoms with Crippen LogP contribution < -0.4 is 0 Å². The summed E-state index contributed by atoms with van der Waals surface area (Å²) >= 11 is 3.20. The van der Waals surface area contributed by atoms with E-state index in [1.54, 1.807) is 25.1 Å². The van der Waals surface area contributed by atoms with Gasteiger partial charge in [0.25, 0.3) is 0 Å². The molecule has 1 rings (SSSR count). The molecule has 3 nitrogen and oxygen atoms in total. The van der Waals surface area contributed by atoms with Gasteiger partial charge in [-0.05, 0) is 30.3 Å². The largest absolute Gasteiger partial charge is 0.397 e. The van der Waals surface area contributed by atoms with Gasteiger partial charge < -0.3 is 5.11 Å². The summed E-state index contributed by atoms with van der Waals surface area (Å²) in [5, 5.41) is 10.3. The lowest BCUT2D eigenvalue weighted by molar-refractivity contribution is 0.318. The van der Waals surface area contributed by atoms with Crippen LogP contribution in [0.4, 0.5) is 5.69 Å². The Bertz CT molecular complexity index is 240. The molecule has 0 aliphatic carbocycles. The molecule has 0 amide bonds. The molecule has 66 valence electrons. The molecule has 1 aromatic rings. The predicted molar refractivity (Wildman–Crippen MR) is 52.4 cm³/mol. The number of hydrogen-bond acceptors (Lipinski definition) is 3. The normalized spacial score (nSPS) is 8.25. The molecule has 0 aliphatic heterocycles. The molecular formula is C8H10BrNO2.